The number of amides is 1. The molecule has 2 aromatic carbocycles. The van der Waals surface area contributed by atoms with Crippen molar-refractivity contribution in [1.82, 2.24) is 10.2 Å². The molecule has 1 heterocycles. The zero-order chi connectivity index (χ0) is 30.4. The standard InChI is InChI=1S/C35H48N2O6/c1-2-21-37(30-9-7-8-10-30)24-31-22-32(28-17-15-27(25-38)16-18-28)43-35(42-31)29-19-13-26(14-20-29)23-36-33(39)11-5-3-4-6-12-34(40)41/h2,13-20,30-32,35,38H,1,3-12,21-25H2,(H,36,39)(H,40,41). The van der Waals surface area contributed by atoms with Gasteiger partial charge in [0.15, 0.2) is 6.29 Å². The molecule has 2 aromatic rings. The molecule has 3 atom stereocenters. The minimum Gasteiger partial charge on any atom is -0.481 e. The van der Waals surface area contributed by atoms with Crippen molar-refractivity contribution in [3.05, 3.63) is 83.4 Å². The molecule has 0 spiro atoms. The van der Waals surface area contributed by atoms with Crippen LogP contribution in [0.4, 0.5) is 0 Å². The number of unbranched alkanes of at least 4 members (excludes halogenated alkanes) is 3. The van der Waals surface area contributed by atoms with E-state index in [2.05, 4.69) is 16.8 Å². The summed E-state index contributed by atoms with van der Waals surface area (Å²) < 4.78 is 13.1. The van der Waals surface area contributed by atoms with E-state index in [0.29, 0.717) is 25.4 Å². The second kappa shape index (κ2) is 17.3. The summed E-state index contributed by atoms with van der Waals surface area (Å²) in [6.07, 6.45) is 10.8. The second-order valence-electron chi connectivity index (χ2n) is 11.9. The number of hydrogen-bond acceptors (Lipinski definition) is 6. The molecule has 0 radical (unpaired) electrons. The van der Waals surface area contributed by atoms with Crippen LogP contribution in [0, 0.1) is 0 Å². The van der Waals surface area contributed by atoms with E-state index in [0.717, 1.165) is 61.0 Å². The summed E-state index contributed by atoms with van der Waals surface area (Å²) in [4.78, 5) is 25.4. The molecule has 234 valence electrons. The van der Waals surface area contributed by atoms with Crippen LogP contribution in [0.1, 0.15) is 105 Å². The average Bonchev–Trinajstić information content (AvgIpc) is 3.57. The van der Waals surface area contributed by atoms with Gasteiger partial charge in [-0.05, 0) is 42.4 Å². The van der Waals surface area contributed by atoms with Crippen LogP contribution in [0.2, 0.25) is 0 Å². The maximum absolute atomic E-state index is 12.3. The molecular weight excluding hydrogens is 544 g/mol. The molecule has 3 unspecified atom stereocenters. The molecule has 4 rings (SSSR count). The van der Waals surface area contributed by atoms with Crippen LogP contribution in [0.3, 0.4) is 0 Å². The van der Waals surface area contributed by atoms with E-state index in [9.17, 15) is 14.7 Å². The van der Waals surface area contributed by atoms with Crippen LogP contribution < -0.4 is 5.32 Å². The van der Waals surface area contributed by atoms with E-state index in [1.807, 2.05) is 54.6 Å². The largest absolute Gasteiger partial charge is 0.481 e. The summed E-state index contributed by atoms with van der Waals surface area (Å²) in [5.74, 6) is -0.765. The summed E-state index contributed by atoms with van der Waals surface area (Å²) in [5.41, 5.74) is 3.89. The summed E-state index contributed by atoms with van der Waals surface area (Å²) in [7, 11) is 0. The van der Waals surface area contributed by atoms with Gasteiger partial charge < -0.3 is 25.0 Å². The second-order valence-corrected chi connectivity index (χ2v) is 11.9. The lowest BCUT2D eigenvalue weighted by Gasteiger charge is -2.39. The number of carbonyl (C=O) groups excluding carboxylic acids is 1. The first-order chi connectivity index (χ1) is 20.9. The van der Waals surface area contributed by atoms with Crippen LogP contribution >= 0.6 is 0 Å². The van der Waals surface area contributed by atoms with Crippen molar-refractivity contribution in [2.24, 2.45) is 0 Å². The molecule has 8 nitrogen and oxygen atoms in total. The molecule has 1 saturated heterocycles. The Hall–Kier alpha value is -3.04. The number of aliphatic hydroxyl groups excluding tert-OH is 1. The van der Waals surface area contributed by atoms with Gasteiger partial charge in [-0.1, -0.05) is 80.3 Å². The van der Waals surface area contributed by atoms with Gasteiger partial charge in [0.05, 0.1) is 18.8 Å². The predicted octanol–water partition coefficient (Wildman–Crippen LogP) is 6.20. The van der Waals surface area contributed by atoms with Crippen LogP contribution in [0.15, 0.2) is 61.2 Å². The third kappa shape index (κ3) is 10.6. The summed E-state index contributed by atoms with van der Waals surface area (Å²) in [6.45, 7) is 6.13. The topological polar surface area (TPSA) is 108 Å². The Labute approximate surface area is 256 Å². The molecule has 1 aliphatic carbocycles. The van der Waals surface area contributed by atoms with E-state index in [1.165, 1.54) is 25.7 Å². The molecule has 1 amide bonds. The van der Waals surface area contributed by atoms with Crippen LogP contribution in [-0.2, 0) is 32.2 Å². The summed E-state index contributed by atoms with van der Waals surface area (Å²) in [5, 5.41) is 21.2. The summed E-state index contributed by atoms with van der Waals surface area (Å²) >= 11 is 0. The highest BCUT2D eigenvalue weighted by Crippen LogP contribution is 2.39. The highest BCUT2D eigenvalue weighted by molar-refractivity contribution is 5.75. The van der Waals surface area contributed by atoms with E-state index in [4.69, 9.17) is 14.6 Å². The van der Waals surface area contributed by atoms with Gasteiger partial charge in [-0.3, -0.25) is 14.5 Å². The normalized spacial score (nSPS) is 20.7. The third-order valence-corrected chi connectivity index (χ3v) is 8.54. The van der Waals surface area contributed by atoms with Crippen molar-refractivity contribution in [3.8, 4) is 0 Å². The Morgan fingerprint density at radius 1 is 0.907 bits per heavy atom. The fourth-order valence-corrected chi connectivity index (χ4v) is 6.10. The zero-order valence-electron chi connectivity index (χ0n) is 25.3. The van der Waals surface area contributed by atoms with Crippen molar-refractivity contribution in [3.63, 3.8) is 0 Å². The number of aliphatic carboxylic acids is 1. The minimum atomic E-state index is -0.770. The molecular formula is C35H48N2O6. The number of carbonyl (C=O) groups is 2. The van der Waals surface area contributed by atoms with Gasteiger partial charge in [0.25, 0.3) is 0 Å². The van der Waals surface area contributed by atoms with Gasteiger partial charge in [-0.2, -0.15) is 0 Å². The number of nitrogens with zero attached hydrogens (tertiary/aromatic N) is 1. The number of aliphatic hydroxyl groups is 1. The number of carboxylic acid groups (broad SMARTS) is 1. The van der Waals surface area contributed by atoms with E-state index >= 15 is 0 Å². The van der Waals surface area contributed by atoms with Crippen LogP contribution in [0.5, 0.6) is 0 Å². The lowest BCUT2D eigenvalue weighted by atomic mass is 9.99. The van der Waals surface area contributed by atoms with Gasteiger partial charge in [-0.25, -0.2) is 0 Å². The quantitative estimate of drug-likeness (QED) is 0.148. The van der Waals surface area contributed by atoms with E-state index in [1.54, 1.807) is 0 Å². The molecule has 0 aromatic heterocycles. The van der Waals surface area contributed by atoms with Gasteiger partial charge in [0.1, 0.15) is 0 Å². The fraction of sp³-hybridized carbons (Fsp3) is 0.543. The highest BCUT2D eigenvalue weighted by atomic mass is 16.7. The Bertz CT molecular complexity index is 1150. The van der Waals surface area contributed by atoms with E-state index in [-0.39, 0.29) is 31.1 Å². The average molecular weight is 593 g/mol. The Kier molecular flexibility index (Phi) is 13.2. The number of benzene rings is 2. The lowest BCUT2D eigenvalue weighted by molar-refractivity contribution is -0.253. The Morgan fingerprint density at radius 2 is 1.56 bits per heavy atom. The highest BCUT2D eigenvalue weighted by Gasteiger charge is 2.34. The third-order valence-electron chi connectivity index (χ3n) is 8.54. The zero-order valence-corrected chi connectivity index (χ0v) is 25.3. The molecule has 3 N–H and O–H groups in total. The van der Waals surface area contributed by atoms with Crippen LogP contribution in [0.25, 0.3) is 0 Å². The van der Waals surface area contributed by atoms with Crippen LogP contribution in [-0.4, -0.2) is 52.2 Å². The Morgan fingerprint density at radius 3 is 2.21 bits per heavy atom. The van der Waals surface area contributed by atoms with Gasteiger partial charge in [-0.15, -0.1) is 6.58 Å². The van der Waals surface area contributed by atoms with Crippen molar-refractivity contribution in [1.29, 1.82) is 0 Å². The molecule has 43 heavy (non-hydrogen) atoms. The van der Waals surface area contributed by atoms with Gasteiger partial charge >= 0.3 is 5.97 Å². The molecule has 2 fully saturated rings. The number of ether oxygens (including phenoxy) is 2. The van der Waals surface area contributed by atoms with E-state index < -0.39 is 12.3 Å². The maximum Gasteiger partial charge on any atom is 0.303 e. The first-order valence-electron chi connectivity index (χ1n) is 15.9. The van der Waals surface area contributed by atoms with Crippen molar-refractivity contribution >= 4 is 11.9 Å². The van der Waals surface area contributed by atoms with Gasteiger partial charge in [0, 0.05) is 50.5 Å². The predicted molar refractivity (Wildman–Crippen MR) is 166 cm³/mol. The van der Waals surface area contributed by atoms with Crippen molar-refractivity contribution < 1.29 is 29.3 Å². The van der Waals surface area contributed by atoms with Crippen molar-refractivity contribution in [2.75, 3.05) is 13.1 Å². The van der Waals surface area contributed by atoms with Crippen molar-refractivity contribution in [2.45, 2.75) is 108 Å². The SMILES string of the molecule is C=CCN(CC1CC(c2ccc(CO)cc2)OC(c2ccc(CNC(=O)CCCCCCC(=O)O)cc2)O1)C1CCCC1. The smallest absolute Gasteiger partial charge is 0.303 e. The molecule has 8 heteroatoms. The monoisotopic (exact) mass is 592 g/mol. The molecule has 1 aliphatic heterocycles. The number of carboxylic acids is 1. The minimum absolute atomic E-state index is 0.00509. The molecule has 2 aliphatic rings. The first-order valence-corrected chi connectivity index (χ1v) is 15.9. The van der Waals surface area contributed by atoms with Gasteiger partial charge in [0.2, 0.25) is 5.91 Å². The lowest BCUT2D eigenvalue weighted by Crippen LogP contribution is -2.43. The Balaban J connectivity index is 1.35. The number of rotatable bonds is 17. The fourth-order valence-electron chi connectivity index (χ4n) is 6.10. The molecule has 0 bridgehead atoms. The summed E-state index contributed by atoms with van der Waals surface area (Å²) in [6, 6.07) is 16.6. The maximum atomic E-state index is 12.3. The number of nitrogens with one attached hydrogen (secondary N) is 1. The number of hydrogen-bond donors (Lipinski definition) is 3. The first kappa shape index (κ1) is 32.9. The molecule has 1 saturated carbocycles.